The molecule has 194 valence electrons. The smallest absolute Gasteiger partial charge is 0.295 e. The van der Waals surface area contributed by atoms with Crippen LogP contribution in [0.2, 0.25) is 0 Å². The summed E-state index contributed by atoms with van der Waals surface area (Å²) in [6, 6.07) is 10.3. The number of aryl methyl sites for hydroxylation is 1. The van der Waals surface area contributed by atoms with Gasteiger partial charge in [0, 0.05) is 35.1 Å². The molecule has 1 saturated heterocycles. The number of likely N-dealkylation sites (N-methyl/N-ethyl adjacent to an activating group) is 1. The molecule has 1 aliphatic heterocycles. The zero-order valence-electron chi connectivity index (χ0n) is 21.4. The molecule has 3 atom stereocenters. The van der Waals surface area contributed by atoms with Crippen LogP contribution in [0.5, 0.6) is 11.5 Å². The van der Waals surface area contributed by atoms with Crippen LogP contribution in [0.3, 0.4) is 0 Å². The van der Waals surface area contributed by atoms with Gasteiger partial charge in [0.2, 0.25) is 0 Å². The zero-order valence-corrected chi connectivity index (χ0v) is 21.4. The van der Waals surface area contributed by atoms with Gasteiger partial charge in [-0.15, -0.1) is 0 Å². The van der Waals surface area contributed by atoms with Gasteiger partial charge in [-0.3, -0.25) is 4.90 Å². The molecule has 2 N–H and O–H groups in total. The van der Waals surface area contributed by atoms with E-state index in [1.807, 2.05) is 19.1 Å². The van der Waals surface area contributed by atoms with Crippen molar-refractivity contribution in [2.45, 2.75) is 57.7 Å². The van der Waals surface area contributed by atoms with E-state index < -0.39 is 12.5 Å². The molecule has 7 nitrogen and oxygen atoms in total. The van der Waals surface area contributed by atoms with Crippen LogP contribution in [0, 0.1) is 6.92 Å². The Morgan fingerprint density at radius 2 is 1.97 bits per heavy atom. The molecule has 0 amide bonds. The number of likely N-dealkylation sites (tertiary alicyclic amines) is 1. The maximum Gasteiger partial charge on any atom is 0.295 e. The number of fused-ring (bicyclic) bond motifs is 1. The average Bonchev–Trinajstić information content (AvgIpc) is 3.19. The first-order valence-corrected chi connectivity index (χ1v) is 12.2. The van der Waals surface area contributed by atoms with Crippen molar-refractivity contribution in [3.8, 4) is 11.5 Å². The van der Waals surface area contributed by atoms with E-state index in [2.05, 4.69) is 34.2 Å². The Morgan fingerprint density at radius 1 is 1.19 bits per heavy atom. The number of aliphatic hydroxyl groups is 1. The number of ether oxygens (including phenoxy) is 2. The molecule has 4 rings (SSSR count). The number of hydrogen-bond acceptors (Lipinski definition) is 7. The predicted molar refractivity (Wildman–Crippen MR) is 136 cm³/mol. The van der Waals surface area contributed by atoms with E-state index in [-0.39, 0.29) is 11.6 Å². The molecule has 1 aliphatic rings. The summed E-state index contributed by atoms with van der Waals surface area (Å²) in [6.45, 7) is 5.19. The number of nitrogens with one attached hydrogen (secondary N) is 1. The van der Waals surface area contributed by atoms with Gasteiger partial charge in [0.25, 0.3) is 5.92 Å². The van der Waals surface area contributed by atoms with Crippen molar-refractivity contribution < 1.29 is 23.4 Å². The fourth-order valence-electron chi connectivity index (χ4n) is 4.64. The molecular formula is C27H34F2N4O3. The maximum atomic E-state index is 14.0. The molecule has 0 spiro atoms. The summed E-state index contributed by atoms with van der Waals surface area (Å²) in [4.78, 5) is 11.5. The van der Waals surface area contributed by atoms with E-state index in [9.17, 15) is 8.78 Å². The summed E-state index contributed by atoms with van der Waals surface area (Å²) >= 11 is 0. The normalized spacial score (nSPS) is 19.4. The van der Waals surface area contributed by atoms with Crippen LogP contribution in [0.25, 0.3) is 10.9 Å². The van der Waals surface area contributed by atoms with Gasteiger partial charge in [-0.05, 0) is 58.4 Å². The average molecular weight is 501 g/mol. The highest BCUT2D eigenvalue weighted by molar-refractivity contribution is 5.92. The highest BCUT2D eigenvalue weighted by atomic mass is 19.3. The Bertz CT molecular complexity index is 1220. The molecule has 0 radical (unpaired) electrons. The summed E-state index contributed by atoms with van der Waals surface area (Å²) in [5.74, 6) is -0.974. The van der Waals surface area contributed by atoms with Gasteiger partial charge in [0.15, 0.2) is 11.5 Å². The summed E-state index contributed by atoms with van der Waals surface area (Å²) in [6.07, 6.45) is 2.22. The van der Waals surface area contributed by atoms with Crippen molar-refractivity contribution in [3.63, 3.8) is 0 Å². The minimum absolute atomic E-state index is 0.230. The first-order valence-electron chi connectivity index (χ1n) is 12.2. The molecule has 1 fully saturated rings. The van der Waals surface area contributed by atoms with Crippen LogP contribution in [-0.4, -0.2) is 59.4 Å². The van der Waals surface area contributed by atoms with Crippen LogP contribution in [0.4, 0.5) is 14.6 Å². The van der Waals surface area contributed by atoms with Gasteiger partial charge < -0.3 is 19.9 Å². The van der Waals surface area contributed by atoms with Crippen molar-refractivity contribution in [3.05, 3.63) is 53.3 Å². The highest BCUT2D eigenvalue weighted by Crippen LogP contribution is 2.36. The van der Waals surface area contributed by atoms with E-state index in [1.54, 1.807) is 26.2 Å². The first kappa shape index (κ1) is 26.0. The van der Waals surface area contributed by atoms with E-state index >= 15 is 0 Å². The molecule has 1 aromatic heterocycles. The molecular weight excluding hydrogens is 466 g/mol. The fourth-order valence-corrected chi connectivity index (χ4v) is 4.64. The number of aromatic nitrogens is 2. The lowest BCUT2D eigenvalue weighted by molar-refractivity contribution is -0.0556. The van der Waals surface area contributed by atoms with Crippen molar-refractivity contribution in [1.29, 1.82) is 0 Å². The molecule has 36 heavy (non-hydrogen) atoms. The molecule has 0 aliphatic carbocycles. The molecule has 2 heterocycles. The summed E-state index contributed by atoms with van der Waals surface area (Å²) in [7, 11) is 3.72. The van der Waals surface area contributed by atoms with Crippen LogP contribution in [-0.2, 0) is 5.92 Å². The monoisotopic (exact) mass is 500 g/mol. The van der Waals surface area contributed by atoms with Gasteiger partial charge in [-0.2, -0.15) is 8.78 Å². The third-order valence-corrected chi connectivity index (χ3v) is 7.07. The lowest BCUT2D eigenvalue weighted by atomic mass is 10.0. The minimum atomic E-state index is -3.30. The van der Waals surface area contributed by atoms with Crippen molar-refractivity contribution in [2.75, 3.05) is 32.7 Å². The SMILES string of the molecule is COc1cc2nc(C)nc(N[C@H](C)c3cccc(C(F)(F)CO)c3)c2cc1OC[C@@H]1CC[C@H](C)N1C. The van der Waals surface area contributed by atoms with Crippen LogP contribution in [0.1, 0.15) is 49.7 Å². The van der Waals surface area contributed by atoms with Gasteiger partial charge >= 0.3 is 0 Å². The lowest BCUT2D eigenvalue weighted by Gasteiger charge is -2.24. The highest BCUT2D eigenvalue weighted by Gasteiger charge is 2.31. The molecule has 2 aromatic carbocycles. The van der Waals surface area contributed by atoms with Crippen molar-refractivity contribution >= 4 is 16.7 Å². The first-order chi connectivity index (χ1) is 17.1. The standard InChI is InChI=1S/C27H34F2N4O3/c1-16-9-10-21(33(16)4)14-36-25-12-22-23(13-24(25)35-5)31-18(3)32-26(22)30-17(2)19-7-6-8-20(11-19)27(28,29)15-34/h6-8,11-13,16-17,21,34H,9-10,14-15H2,1-5H3,(H,30,31,32)/t16-,17+,21-/m0/s1. The molecule has 0 bridgehead atoms. The fraction of sp³-hybridized carbons (Fsp3) is 0.481. The Labute approximate surface area is 210 Å². The number of benzene rings is 2. The van der Waals surface area contributed by atoms with Crippen LogP contribution in [0.15, 0.2) is 36.4 Å². The second-order valence-electron chi connectivity index (χ2n) is 9.55. The van der Waals surface area contributed by atoms with Gasteiger partial charge in [-0.25, -0.2) is 9.97 Å². The molecule has 3 aromatic rings. The second kappa shape index (κ2) is 10.5. The van der Waals surface area contributed by atoms with Gasteiger partial charge in [0.1, 0.15) is 24.9 Å². The quantitative estimate of drug-likeness (QED) is 0.425. The third-order valence-electron chi connectivity index (χ3n) is 7.07. The summed E-state index contributed by atoms with van der Waals surface area (Å²) in [5, 5.41) is 13.2. The largest absolute Gasteiger partial charge is 0.493 e. The lowest BCUT2D eigenvalue weighted by Crippen LogP contribution is -2.34. The number of anilines is 1. The predicted octanol–water partition coefficient (Wildman–Crippen LogP) is 5.07. The Hall–Kier alpha value is -3.04. The van der Waals surface area contributed by atoms with E-state index in [0.717, 1.165) is 18.2 Å². The van der Waals surface area contributed by atoms with E-state index in [1.165, 1.54) is 12.1 Å². The van der Waals surface area contributed by atoms with Gasteiger partial charge in [0.05, 0.1) is 12.6 Å². The number of rotatable bonds is 9. The summed E-state index contributed by atoms with van der Waals surface area (Å²) < 4.78 is 39.9. The van der Waals surface area contributed by atoms with E-state index in [4.69, 9.17) is 14.6 Å². The third kappa shape index (κ3) is 5.37. The van der Waals surface area contributed by atoms with Crippen molar-refractivity contribution in [1.82, 2.24) is 14.9 Å². The van der Waals surface area contributed by atoms with Gasteiger partial charge in [-0.1, -0.05) is 18.2 Å². The number of methoxy groups -OCH3 is 1. The number of alkyl halides is 2. The number of hydrogen-bond donors (Lipinski definition) is 2. The summed E-state index contributed by atoms with van der Waals surface area (Å²) in [5.41, 5.74) is 1.11. The van der Waals surface area contributed by atoms with E-state index in [0.29, 0.717) is 52.9 Å². The van der Waals surface area contributed by atoms with Crippen molar-refractivity contribution in [2.24, 2.45) is 0 Å². The number of aliphatic hydroxyl groups excluding tert-OH is 1. The molecule has 9 heteroatoms. The Balaban J connectivity index is 1.64. The Morgan fingerprint density at radius 3 is 2.64 bits per heavy atom. The maximum absolute atomic E-state index is 14.0. The number of nitrogens with zero attached hydrogens (tertiary/aromatic N) is 3. The zero-order chi connectivity index (χ0) is 26.0. The topological polar surface area (TPSA) is 79.7 Å². The Kier molecular flexibility index (Phi) is 7.61. The second-order valence-corrected chi connectivity index (χ2v) is 9.55. The minimum Gasteiger partial charge on any atom is -0.493 e. The van der Waals surface area contributed by atoms with Crippen LogP contribution < -0.4 is 14.8 Å². The number of halogens is 2. The van der Waals surface area contributed by atoms with Crippen LogP contribution >= 0.6 is 0 Å². The molecule has 0 unspecified atom stereocenters. The molecule has 0 saturated carbocycles.